The standard InChI is InChI=1S/C13H19N3O2/c1-2-16-8-4-5-10(16)9-15-12-11(13(17)18)6-3-7-14-12/h3,6-7,10H,2,4-5,8-9H2,1H3,(H,14,15)(H,17,18). The van der Waals surface area contributed by atoms with Crippen LogP contribution in [0.3, 0.4) is 0 Å². The van der Waals surface area contributed by atoms with Gasteiger partial charge in [0.05, 0.1) is 0 Å². The Morgan fingerprint density at radius 1 is 1.67 bits per heavy atom. The van der Waals surface area contributed by atoms with Crippen molar-refractivity contribution in [3.8, 4) is 0 Å². The van der Waals surface area contributed by atoms with Crippen molar-refractivity contribution in [2.24, 2.45) is 0 Å². The summed E-state index contributed by atoms with van der Waals surface area (Å²) in [5.74, 6) is -0.475. The van der Waals surface area contributed by atoms with Gasteiger partial charge in [-0.2, -0.15) is 0 Å². The van der Waals surface area contributed by atoms with E-state index >= 15 is 0 Å². The Hall–Kier alpha value is -1.62. The molecule has 5 heteroatoms. The Bertz CT molecular complexity index is 422. The third kappa shape index (κ3) is 2.79. The van der Waals surface area contributed by atoms with Crippen LogP contribution in [0.5, 0.6) is 0 Å². The first-order chi connectivity index (χ1) is 8.72. The molecule has 1 aromatic heterocycles. The van der Waals surface area contributed by atoms with Gasteiger partial charge in [0.25, 0.3) is 0 Å². The quantitative estimate of drug-likeness (QED) is 0.831. The number of aromatic carboxylic acids is 1. The Balaban J connectivity index is 2.00. The van der Waals surface area contributed by atoms with Gasteiger partial charge in [0.2, 0.25) is 0 Å². The Labute approximate surface area is 107 Å². The van der Waals surface area contributed by atoms with E-state index in [1.165, 1.54) is 6.42 Å². The molecule has 1 aromatic rings. The number of likely N-dealkylation sites (tertiary alicyclic amines) is 1. The van der Waals surface area contributed by atoms with Crippen LogP contribution in [-0.4, -0.2) is 46.6 Å². The number of carboxylic acid groups (broad SMARTS) is 1. The van der Waals surface area contributed by atoms with E-state index in [9.17, 15) is 4.79 Å². The van der Waals surface area contributed by atoms with Crippen LogP contribution >= 0.6 is 0 Å². The molecule has 2 N–H and O–H groups in total. The highest BCUT2D eigenvalue weighted by Gasteiger charge is 2.23. The Kier molecular flexibility index (Phi) is 4.15. The number of likely N-dealkylation sites (N-methyl/N-ethyl adjacent to an activating group) is 1. The SMILES string of the molecule is CCN1CCCC1CNc1ncccc1C(=O)O. The van der Waals surface area contributed by atoms with Crippen LogP contribution in [0.1, 0.15) is 30.1 Å². The summed E-state index contributed by atoms with van der Waals surface area (Å²) in [4.78, 5) is 17.6. The van der Waals surface area contributed by atoms with Gasteiger partial charge in [0.1, 0.15) is 11.4 Å². The van der Waals surface area contributed by atoms with Gasteiger partial charge in [-0.1, -0.05) is 6.92 Å². The highest BCUT2D eigenvalue weighted by atomic mass is 16.4. The minimum atomic E-state index is -0.940. The average Bonchev–Trinajstić information content (AvgIpc) is 2.84. The molecule has 0 radical (unpaired) electrons. The van der Waals surface area contributed by atoms with Gasteiger partial charge in [-0.3, -0.25) is 4.90 Å². The molecule has 18 heavy (non-hydrogen) atoms. The van der Waals surface area contributed by atoms with E-state index in [1.807, 2.05) is 0 Å². The zero-order valence-corrected chi connectivity index (χ0v) is 10.6. The molecule has 2 rings (SSSR count). The topological polar surface area (TPSA) is 65.5 Å². The molecule has 1 atom stereocenters. The Morgan fingerprint density at radius 3 is 3.22 bits per heavy atom. The number of carbonyl (C=O) groups is 1. The highest BCUT2D eigenvalue weighted by Crippen LogP contribution is 2.18. The van der Waals surface area contributed by atoms with Crippen LogP contribution in [-0.2, 0) is 0 Å². The van der Waals surface area contributed by atoms with E-state index in [2.05, 4.69) is 22.1 Å². The summed E-state index contributed by atoms with van der Waals surface area (Å²) in [6.45, 7) is 5.09. The summed E-state index contributed by atoms with van der Waals surface area (Å²) in [5, 5.41) is 12.2. The lowest BCUT2D eigenvalue weighted by Crippen LogP contribution is -2.35. The molecule has 0 spiro atoms. The molecule has 1 fully saturated rings. The zero-order valence-electron chi connectivity index (χ0n) is 10.6. The van der Waals surface area contributed by atoms with Crippen molar-refractivity contribution in [1.29, 1.82) is 0 Å². The van der Waals surface area contributed by atoms with Gasteiger partial charge in [-0.05, 0) is 38.1 Å². The first-order valence-corrected chi connectivity index (χ1v) is 6.38. The van der Waals surface area contributed by atoms with E-state index in [1.54, 1.807) is 18.3 Å². The number of aromatic nitrogens is 1. The second-order valence-corrected chi connectivity index (χ2v) is 4.51. The molecule has 0 bridgehead atoms. The molecular weight excluding hydrogens is 230 g/mol. The summed E-state index contributed by atoms with van der Waals surface area (Å²) in [6.07, 6.45) is 3.99. The predicted octanol–water partition coefficient (Wildman–Crippen LogP) is 1.68. The molecule has 1 unspecified atom stereocenters. The molecule has 2 heterocycles. The molecule has 5 nitrogen and oxygen atoms in total. The maximum Gasteiger partial charge on any atom is 0.339 e. The maximum atomic E-state index is 11.0. The molecule has 1 aliphatic rings. The normalized spacial score (nSPS) is 19.9. The Morgan fingerprint density at radius 2 is 2.50 bits per heavy atom. The van der Waals surface area contributed by atoms with Crippen LogP contribution in [0.25, 0.3) is 0 Å². The number of hydrogen-bond donors (Lipinski definition) is 2. The fourth-order valence-corrected chi connectivity index (χ4v) is 2.48. The van der Waals surface area contributed by atoms with E-state index in [4.69, 9.17) is 5.11 Å². The van der Waals surface area contributed by atoms with Gasteiger partial charge in [-0.25, -0.2) is 9.78 Å². The van der Waals surface area contributed by atoms with Crippen molar-refractivity contribution >= 4 is 11.8 Å². The number of anilines is 1. The summed E-state index contributed by atoms with van der Waals surface area (Å²) in [5.41, 5.74) is 0.235. The van der Waals surface area contributed by atoms with Crippen LogP contribution in [0.2, 0.25) is 0 Å². The van der Waals surface area contributed by atoms with E-state index in [-0.39, 0.29) is 5.56 Å². The highest BCUT2D eigenvalue weighted by molar-refractivity contribution is 5.92. The number of nitrogens with zero attached hydrogens (tertiary/aromatic N) is 2. The van der Waals surface area contributed by atoms with E-state index < -0.39 is 5.97 Å². The van der Waals surface area contributed by atoms with Crippen molar-refractivity contribution in [3.05, 3.63) is 23.9 Å². The minimum Gasteiger partial charge on any atom is -0.478 e. The summed E-state index contributed by atoms with van der Waals surface area (Å²) >= 11 is 0. The number of rotatable bonds is 5. The molecule has 0 aromatic carbocycles. The molecule has 1 saturated heterocycles. The van der Waals surface area contributed by atoms with Gasteiger partial charge >= 0.3 is 5.97 Å². The molecule has 0 amide bonds. The first kappa shape index (κ1) is 12.8. The third-order valence-corrected chi connectivity index (χ3v) is 3.45. The predicted molar refractivity (Wildman–Crippen MR) is 70.0 cm³/mol. The summed E-state index contributed by atoms with van der Waals surface area (Å²) in [7, 11) is 0. The van der Waals surface area contributed by atoms with Gasteiger partial charge < -0.3 is 10.4 Å². The monoisotopic (exact) mass is 249 g/mol. The summed E-state index contributed by atoms with van der Waals surface area (Å²) < 4.78 is 0. The molecule has 1 aliphatic heterocycles. The van der Waals surface area contributed by atoms with Crippen LogP contribution in [0, 0.1) is 0 Å². The maximum absolute atomic E-state index is 11.0. The molecule has 0 saturated carbocycles. The summed E-state index contributed by atoms with van der Waals surface area (Å²) in [6, 6.07) is 3.70. The second kappa shape index (κ2) is 5.82. The fraction of sp³-hybridized carbons (Fsp3) is 0.538. The number of carboxylic acids is 1. The van der Waals surface area contributed by atoms with E-state index in [0.29, 0.717) is 11.9 Å². The van der Waals surface area contributed by atoms with Crippen molar-refractivity contribution in [2.45, 2.75) is 25.8 Å². The number of hydrogen-bond acceptors (Lipinski definition) is 4. The van der Waals surface area contributed by atoms with Crippen molar-refractivity contribution in [1.82, 2.24) is 9.88 Å². The third-order valence-electron chi connectivity index (χ3n) is 3.45. The van der Waals surface area contributed by atoms with Crippen LogP contribution in [0.15, 0.2) is 18.3 Å². The lowest BCUT2D eigenvalue weighted by molar-refractivity contribution is 0.0697. The second-order valence-electron chi connectivity index (χ2n) is 4.51. The molecule has 0 aliphatic carbocycles. The fourth-order valence-electron chi connectivity index (χ4n) is 2.48. The van der Waals surface area contributed by atoms with Gasteiger partial charge in [0, 0.05) is 18.8 Å². The van der Waals surface area contributed by atoms with E-state index in [0.717, 1.165) is 26.1 Å². The minimum absolute atomic E-state index is 0.235. The zero-order chi connectivity index (χ0) is 13.0. The van der Waals surface area contributed by atoms with Crippen molar-refractivity contribution < 1.29 is 9.90 Å². The van der Waals surface area contributed by atoms with Crippen LogP contribution < -0.4 is 5.32 Å². The molecule has 98 valence electrons. The van der Waals surface area contributed by atoms with Crippen molar-refractivity contribution in [2.75, 3.05) is 25.0 Å². The number of nitrogens with one attached hydrogen (secondary N) is 1. The average molecular weight is 249 g/mol. The van der Waals surface area contributed by atoms with Crippen molar-refractivity contribution in [3.63, 3.8) is 0 Å². The van der Waals surface area contributed by atoms with Gasteiger partial charge in [-0.15, -0.1) is 0 Å². The largest absolute Gasteiger partial charge is 0.478 e. The number of pyridine rings is 1. The lowest BCUT2D eigenvalue weighted by atomic mass is 10.2. The van der Waals surface area contributed by atoms with Gasteiger partial charge in [0.15, 0.2) is 0 Å². The molecular formula is C13H19N3O2. The van der Waals surface area contributed by atoms with Crippen LogP contribution in [0.4, 0.5) is 5.82 Å². The lowest BCUT2D eigenvalue weighted by Gasteiger charge is -2.23. The first-order valence-electron chi connectivity index (χ1n) is 6.38. The smallest absolute Gasteiger partial charge is 0.339 e.